The molecule has 0 N–H and O–H groups in total. The van der Waals surface area contributed by atoms with Gasteiger partial charge in [0.05, 0.1) is 0 Å². The summed E-state index contributed by atoms with van der Waals surface area (Å²) >= 11 is 0. The molecular formula is C25H20O. The van der Waals surface area contributed by atoms with Gasteiger partial charge in [0.25, 0.3) is 0 Å². The van der Waals surface area contributed by atoms with Crippen molar-refractivity contribution in [3.05, 3.63) is 84.4 Å². The van der Waals surface area contributed by atoms with E-state index in [0.717, 1.165) is 16.7 Å². The van der Waals surface area contributed by atoms with Crippen LogP contribution in [0.25, 0.3) is 43.8 Å². The summed E-state index contributed by atoms with van der Waals surface area (Å²) < 4.78 is 6.21. The maximum Gasteiger partial charge on any atom is 0.143 e. The van der Waals surface area contributed by atoms with Gasteiger partial charge in [-0.05, 0) is 39.9 Å². The van der Waals surface area contributed by atoms with E-state index in [2.05, 4.69) is 80.6 Å². The van der Waals surface area contributed by atoms with E-state index in [-0.39, 0.29) is 0 Å². The first-order valence-corrected chi connectivity index (χ1v) is 9.15. The molecule has 0 bridgehead atoms. The lowest BCUT2D eigenvalue weighted by Crippen LogP contribution is -1.87. The predicted molar refractivity (Wildman–Crippen MR) is 111 cm³/mol. The van der Waals surface area contributed by atoms with Gasteiger partial charge in [-0.3, -0.25) is 0 Å². The number of hydrogen-bond donors (Lipinski definition) is 0. The van der Waals surface area contributed by atoms with Crippen molar-refractivity contribution in [3.63, 3.8) is 0 Å². The highest BCUT2D eigenvalue weighted by Gasteiger charge is 2.12. The normalized spacial score (nSPS) is 11.8. The third kappa shape index (κ3) is 2.32. The molecule has 0 aliphatic carbocycles. The molecule has 4 aromatic carbocycles. The molecule has 0 aliphatic heterocycles. The zero-order valence-electron chi connectivity index (χ0n) is 15.0. The van der Waals surface area contributed by atoms with Crippen LogP contribution < -0.4 is 0 Å². The number of rotatable bonds is 2. The molecule has 1 nitrogen and oxygen atoms in total. The van der Waals surface area contributed by atoms with Crippen LogP contribution in [-0.2, 0) is 0 Å². The average molecular weight is 336 g/mol. The number of benzene rings is 4. The SMILES string of the molecule is CC(C)c1ccc2ccc(-c3cccc4c3oc3ccccc34)cc2c1. The molecule has 1 heterocycles. The Balaban J connectivity index is 1.76. The molecule has 0 amide bonds. The molecular weight excluding hydrogens is 316 g/mol. The van der Waals surface area contributed by atoms with Gasteiger partial charge in [0.1, 0.15) is 11.2 Å². The van der Waals surface area contributed by atoms with Gasteiger partial charge in [0, 0.05) is 16.3 Å². The molecule has 0 atom stereocenters. The molecule has 0 spiro atoms. The molecule has 0 radical (unpaired) electrons. The fourth-order valence-corrected chi connectivity index (χ4v) is 3.77. The predicted octanol–water partition coefficient (Wildman–Crippen LogP) is 7.53. The Morgan fingerprint density at radius 2 is 1.50 bits per heavy atom. The lowest BCUT2D eigenvalue weighted by atomic mass is 9.96. The van der Waals surface area contributed by atoms with E-state index in [1.54, 1.807) is 0 Å². The average Bonchev–Trinajstić information content (AvgIpc) is 3.06. The topological polar surface area (TPSA) is 13.1 Å². The van der Waals surface area contributed by atoms with Gasteiger partial charge in [-0.15, -0.1) is 0 Å². The summed E-state index contributed by atoms with van der Waals surface area (Å²) in [5.74, 6) is 0.530. The van der Waals surface area contributed by atoms with Crippen LogP contribution >= 0.6 is 0 Å². The van der Waals surface area contributed by atoms with Crippen LogP contribution in [0.1, 0.15) is 25.3 Å². The Morgan fingerprint density at radius 3 is 2.38 bits per heavy atom. The first-order valence-electron chi connectivity index (χ1n) is 9.15. The van der Waals surface area contributed by atoms with Gasteiger partial charge in [0.2, 0.25) is 0 Å². The second-order valence-corrected chi connectivity index (χ2v) is 7.26. The Kier molecular flexibility index (Phi) is 3.36. The minimum atomic E-state index is 0.530. The monoisotopic (exact) mass is 336 g/mol. The van der Waals surface area contributed by atoms with Crippen molar-refractivity contribution in [3.8, 4) is 11.1 Å². The third-order valence-corrected chi connectivity index (χ3v) is 5.25. The van der Waals surface area contributed by atoms with Crippen molar-refractivity contribution in [1.29, 1.82) is 0 Å². The first kappa shape index (κ1) is 15.2. The maximum absolute atomic E-state index is 6.21. The van der Waals surface area contributed by atoms with Crippen molar-refractivity contribution in [2.24, 2.45) is 0 Å². The van der Waals surface area contributed by atoms with Crippen LogP contribution in [0.15, 0.2) is 83.3 Å². The standard InChI is InChI=1S/C25H20O/c1-16(2)18-12-10-17-11-13-19(15-20(17)14-18)21-7-5-8-23-22-6-3-4-9-24(22)26-25(21)23/h3-16H,1-2H3. The zero-order chi connectivity index (χ0) is 17.7. The van der Waals surface area contributed by atoms with Gasteiger partial charge < -0.3 is 4.42 Å². The molecule has 0 unspecified atom stereocenters. The van der Waals surface area contributed by atoms with Crippen LogP contribution in [0.4, 0.5) is 0 Å². The van der Waals surface area contributed by atoms with Gasteiger partial charge in [-0.1, -0.05) is 80.6 Å². The molecule has 1 heteroatoms. The van der Waals surface area contributed by atoms with E-state index >= 15 is 0 Å². The smallest absolute Gasteiger partial charge is 0.143 e. The van der Waals surface area contributed by atoms with E-state index < -0.39 is 0 Å². The summed E-state index contributed by atoms with van der Waals surface area (Å²) in [4.78, 5) is 0. The summed E-state index contributed by atoms with van der Waals surface area (Å²) in [6, 6.07) is 28.1. The van der Waals surface area contributed by atoms with Gasteiger partial charge in [-0.25, -0.2) is 0 Å². The summed E-state index contributed by atoms with van der Waals surface area (Å²) in [7, 11) is 0. The molecule has 0 saturated carbocycles. The molecule has 26 heavy (non-hydrogen) atoms. The summed E-state index contributed by atoms with van der Waals surface area (Å²) in [5, 5.41) is 4.90. The summed E-state index contributed by atoms with van der Waals surface area (Å²) in [6.45, 7) is 4.47. The third-order valence-electron chi connectivity index (χ3n) is 5.25. The molecule has 5 aromatic rings. The molecule has 0 saturated heterocycles. The fourth-order valence-electron chi connectivity index (χ4n) is 3.77. The first-order chi connectivity index (χ1) is 12.7. The zero-order valence-corrected chi connectivity index (χ0v) is 15.0. The Morgan fingerprint density at radius 1 is 0.692 bits per heavy atom. The van der Waals surface area contributed by atoms with Crippen molar-refractivity contribution < 1.29 is 4.42 Å². The lowest BCUT2D eigenvalue weighted by molar-refractivity contribution is 0.670. The molecule has 5 rings (SSSR count). The largest absolute Gasteiger partial charge is 0.455 e. The summed E-state index contributed by atoms with van der Waals surface area (Å²) in [5.41, 5.74) is 5.63. The second-order valence-electron chi connectivity index (χ2n) is 7.26. The molecule has 0 fully saturated rings. The Hall–Kier alpha value is -3.06. The van der Waals surface area contributed by atoms with E-state index in [1.165, 1.54) is 32.7 Å². The van der Waals surface area contributed by atoms with Crippen molar-refractivity contribution >= 4 is 32.7 Å². The van der Waals surface area contributed by atoms with Crippen LogP contribution in [0.5, 0.6) is 0 Å². The van der Waals surface area contributed by atoms with Crippen LogP contribution in [-0.4, -0.2) is 0 Å². The molecule has 1 aromatic heterocycles. The molecule has 126 valence electrons. The van der Waals surface area contributed by atoms with Crippen molar-refractivity contribution in [2.45, 2.75) is 19.8 Å². The number of hydrogen-bond acceptors (Lipinski definition) is 1. The number of para-hydroxylation sites is 2. The van der Waals surface area contributed by atoms with E-state index in [9.17, 15) is 0 Å². The van der Waals surface area contributed by atoms with E-state index in [0.29, 0.717) is 5.92 Å². The second kappa shape index (κ2) is 5.74. The quantitative estimate of drug-likeness (QED) is 0.325. The Bertz CT molecular complexity index is 1260. The van der Waals surface area contributed by atoms with Crippen molar-refractivity contribution in [2.75, 3.05) is 0 Å². The van der Waals surface area contributed by atoms with Gasteiger partial charge >= 0.3 is 0 Å². The van der Waals surface area contributed by atoms with E-state index in [1.807, 2.05) is 12.1 Å². The van der Waals surface area contributed by atoms with Crippen LogP contribution in [0.3, 0.4) is 0 Å². The van der Waals surface area contributed by atoms with E-state index in [4.69, 9.17) is 4.42 Å². The minimum absolute atomic E-state index is 0.530. The number of fused-ring (bicyclic) bond motifs is 4. The van der Waals surface area contributed by atoms with Crippen molar-refractivity contribution in [1.82, 2.24) is 0 Å². The maximum atomic E-state index is 6.21. The summed E-state index contributed by atoms with van der Waals surface area (Å²) in [6.07, 6.45) is 0. The highest BCUT2D eigenvalue weighted by atomic mass is 16.3. The highest BCUT2D eigenvalue weighted by molar-refractivity contribution is 6.09. The highest BCUT2D eigenvalue weighted by Crippen LogP contribution is 2.36. The minimum Gasteiger partial charge on any atom is -0.455 e. The molecule has 0 aliphatic rings. The fraction of sp³-hybridized carbons (Fsp3) is 0.120. The van der Waals surface area contributed by atoms with Crippen LogP contribution in [0, 0.1) is 0 Å². The van der Waals surface area contributed by atoms with Gasteiger partial charge in [-0.2, -0.15) is 0 Å². The van der Waals surface area contributed by atoms with Crippen LogP contribution in [0.2, 0.25) is 0 Å². The van der Waals surface area contributed by atoms with Gasteiger partial charge in [0.15, 0.2) is 0 Å². The lowest BCUT2D eigenvalue weighted by Gasteiger charge is -2.09. The number of furan rings is 1. The Labute approximate surface area is 152 Å².